The van der Waals surface area contributed by atoms with Crippen LogP contribution in [0, 0.1) is 5.92 Å². The second-order valence-corrected chi connectivity index (χ2v) is 5.99. The van der Waals surface area contributed by atoms with Gasteiger partial charge in [0.25, 0.3) is 0 Å². The first-order chi connectivity index (χ1) is 7.99. The highest BCUT2D eigenvalue weighted by atomic mass is 32.2. The van der Waals surface area contributed by atoms with E-state index < -0.39 is 10.1 Å². The Morgan fingerprint density at radius 3 is 2.41 bits per heavy atom. The molecule has 0 saturated heterocycles. The molecular formula is C11H19O5S-. The highest BCUT2D eigenvalue weighted by Crippen LogP contribution is 2.24. The van der Waals surface area contributed by atoms with Crippen molar-refractivity contribution in [1.82, 2.24) is 0 Å². The van der Waals surface area contributed by atoms with Crippen LogP contribution >= 0.6 is 0 Å². The maximum absolute atomic E-state index is 11.6. The number of carbonyl (C=O) groups excluding carboxylic acids is 1. The number of carbonyl (C=O) groups is 1. The van der Waals surface area contributed by atoms with E-state index in [0.29, 0.717) is 6.42 Å². The Bertz CT molecular complexity index is 330. The van der Waals surface area contributed by atoms with Crippen LogP contribution in [0.5, 0.6) is 0 Å². The maximum atomic E-state index is 11.6. The average Bonchev–Trinajstić information content (AvgIpc) is 2.28. The Hall–Kier alpha value is -0.620. The van der Waals surface area contributed by atoms with Crippen molar-refractivity contribution in [3.8, 4) is 0 Å². The minimum Gasteiger partial charge on any atom is -0.748 e. The van der Waals surface area contributed by atoms with Gasteiger partial charge < -0.3 is 9.29 Å². The molecule has 0 N–H and O–H groups in total. The van der Waals surface area contributed by atoms with Gasteiger partial charge in [-0.2, -0.15) is 0 Å². The zero-order valence-corrected chi connectivity index (χ0v) is 10.7. The lowest BCUT2D eigenvalue weighted by Crippen LogP contribution is -2.20. The average molecular weight is 263 g/mol. The van der Waals surface area contributed by atoms with Gasteiger partial charge in [-0.15, -0.1) is 0 Å². The summed E-state index contributed by atoms with van der Waals surface area (Å²) in [5, 5.41) is 0. The molecule has 0 spiro atoms. The van der Waals surface area contributed by atoms with Gasteiger partial charge in [-0.05, 0) is 25.7 Å². The lowest BCUT2D eigenvalue weighted by molar-refractivity contribution is -0.149. The number of ether oxygens (including phenoxy) is 1. The predicted octanol–water partition coefficient (Wildman–Crippen LogP) is 1.44. The SMILES string of the molecule is O=C(OCCCCS(=O)(=O)[O-])C1CCCCC1. The minimum absolute atomic E-state index is 0.0204. The highest BCUT2D eigenvalue weighted by molar-refractivity contribution is 7.85. The molecule has 0 amide bonds. The number of hydrogen-bond acceptors (Lipinski definition) is 5. The van der Waals surface area contributed by atoms with E-state index in [1.807, 2.05) is 0 Å². The second kappa shape index (κ2) is 6.96. The summed E-state index contributed by atoms with van der Waals surface area (Å²) in [5.74, 6) is -0.532. The third kappa shape index (κ3) is 6.63. The zero-order chi connectivity index (χ0) is 12.7. The first-order valence-electron chi connectivity index (χ1n) is 6.09. The number of rotatable bonds is 6. The Morgan fingerprint density at radius 2 is 1.82 bits per heavy atom. The van der Waals surface area contributed by atoms with E-state index in [2.05, 4.69) is 0 Å². The molecule has 0 aromatic rings. The van der Waals surface area contributed by atoms with Gasteiger partial charge in [-0.3, -0.25) is 4.79 Å². The summed E-state index contributed by atoms with van der Waals surface area (Å²) < 4.78 is 36.0. The quantitative estimate of drug-likeness (QED) is 0.411. The normalized spacial score (nSPS) is 17.9. The fourth-order valence-electron chi connectivity index (χ4n) is 2.01. The van der Waals surface area contributed by atoms with E-state index in [9.17, 15) is 17.8 Å². The van der Waals surface area contributed by atoms with Crippen LogP contribution in [0.1, 0.15) is 44.9 Å². The Morgan fingerprint density at radius 1 is 1.18 bits per heavy atom. The molecular weight excluding hydrogens is 244 g/mol. The maximum Gasteiger partial charge on any atom is 0.308 e. The van der Waals surface area contributed by atoms with Gasteiger partial charge >= 0.3 is 5.97 Å². The zero-order valence-electron chi connectivity index (χ0n) is 9.89. The van der Waals surface area contributed by atoms with Gasteiger partial charge in [0.2, 0.25) is 0 Å². The predicted molar refractivity (Wildman–Crippen MR) is 61.3 cm³/mol. The molecule has 0 bridgehead atoms. The van der Waals surface area contributed by atoms with Crippen molar-refractivity contribution >= 4 is 16.1 Å². The topological polar surface area (TPSA) is 83.5 Å². The first kappa shape index (κ1) is 14.4. The molecule has 6 heteroatoms. The molecule has 100 valence electrons. The van der Waals surface area contributed by atoms with E-state index in [1.54, 1.807) is 0 Å². The van der Waals surface area contributed by atoms with Crippen molar-refractivity contribution in [2.45, 2.75) is 44.9 Å². The molecule has 17 heavy (non-hydrogen) atoms. The van der Waals surface area contributed by atoms with Crippen LogP contribution in [0.3, 0.4) is 0 Å². The molecule has 5 nitrogen and oxygen atoms in total. The summed E-state index contributed by atoms with van der Waals surface area (Å²) in [5.41, 5.74) is 0. The van der Waals surface area contributed by atoms with Gasteiger partial charge in [-0.25, -0.2) is 8.42 Å². The molecule has 1 rings (SSSR count). The molecule has 0 unspecified atom stereocenters. The van der Waals surface area contributed by atoms with Crippen LogP contribution in [0.25, 0.3) is 0 Å². The third-order valence-electron chi connectivity index (χ3n) is 2.97. The first-order valence-corrected chi connectivity index (χ1v) is 7.67. The standard InChI is InChI=1S/C11H20O5S/c12-11(10-6-2-1-3-7-10)16-8-4-5-9-17(13,14)15/h10H,1-9H2,(H,13,14,15)/p-1. The number of esters is 1. The van der Waals surface area contributed by atoms with Crippen LogP contribution < -0.4 is 0 Å². The van der Waals surface area contributed by atoms with Crippen LogP contribution in [-0.2, 0) is 19.6 Å². The second-order valence-electron chi connectivity index (χ2n) is 4.47. The highest BCUT2D eigenvalue weighted by Gasteiger charge is 2.21. The van der Waals surface area contributed by atoms with E-state index >= 15 is 0 Å². The van der Waals surface area contributed by atoms with Gasteiger partial charge in [0, 0.05) is 5.75 Å². The van der Waals surface area contributed by atoms with Crippen LogP contribution in [-0.4, -0.2) is 31.3 Å². The summed E-state index contributed by atoms with van der Waals surface area (Å²) in [4.78, 5) is 11.6. The lowest BCUT2D eigenvalue weighted by Gasteiger charge is -2.19. The monoisotopic (exact) mass is 263 g/mol. The lowest BCUT2D eigenvalue weighted by atomic mass is 9.89. The van der Waals surface area contributed by atoms with Crippen molar-refractivity contribution in [2.75, 3.05) is 12.4 Å². The molecule has 1 aliphatic carbocycles. The molecule has 0 aromatic carbocycles. The van der Waals surface area contributed by atoms with Crippen molar-refractivity contribution < 1.29 is 22.5 Å². The Kier molecular flexibility index (Phi) is 5.91. The van der Waals surface area contributed by atoms with Crippen LogP contribution in [0.4, 0.5) is 0 Å². The molecule has 1 aliphatic rings. The van der Waals surface area contributed by atoms with Gasteiger partial charge in [0.05, 0.1) is 22.6 Å². The summed E-state index contributed by atoms with van der Waals surface area (Å²) >= 11 is 0. The summed E-state index contributed by atoms with van der Waals surface area (Å²) in [7, 11) is -4.14. The van der Waals surface area contributed by atoms with Crippen LogP contribution in [0.2, 0.25) is 0 Å². The minimum atomic E-state index is -4.14. The molecule has 1 fully saturated rings. The number of hydrogen-bond donors (Lipinski definition) is 0. The Labute approximate surface area is 102 Å². The molecule has 0 aliphatic heterocycles. The van der Waals surface area contributed by atoms with Gasteiger partial charge in [0.15, 0.2) is 0 Å². The van der Waals surface area contributed by atoms with Crippen molar-refractivity contribution in [3.05, 3.63) is 0 Å². The largest absolute Gasteiger partial charge is 0.748 e. The van der Waals surface area contributed by atoms with E-state index in [-0.39, 0.29) is 30.7 Å². The van der Waals surface area contributed by atoms with Crippen molar-refractivity contribution in [2.24, 2.45) is 5.92 Å². The van der Waals surface area contributed by atoms with E-state index in [4.69, 9.17) is 4.74 Å². The summed E-state index contributed by atoms with van der Waals surface area (Å²) in [6.45, 7) is 0.213. The fraction of sp³-hybridized carbons (Fsp3) is 0.909. The number of unbranched alkanes of at least 4 members (excludes halogenated alkanes) is 1. The smallest absolute Gasteiger partial charge is 0.308 e. The van der Waals surface area contributed by atoms with Gasteiger partial charge in [-0.1, -0.05) is 19.3 Å². The summed E-state index contributed by atoms with van der Waals surface area (Å²) in [6.07, 6.45) is 5.82. The molecule has 0 radical (unpaired) electrons. The Balaban J connectivity index is 2.07. The molecule has 0 aromatic heterocycles. The van der Waals surface area contributed by atoms with Crippen molar-refractivity contribution in [3.63, 3.8) is 0 Å². The van der Waals surface area contributed by atoms with E-state index in [1.165, 1.54) is 6.42 Å². The fourth-order valence-corrected chi connectivity index (χ4v) is 2.57. The van der Waals surface area contributed by atoms with Crippen molar-refractivity contribution in [1.29, 1.82) is 0 Å². The molecule has 0 atom stereocenters. The van der Waals surface area contributed by atoms with Gasteiger partial charge in [0.1, 0.15) is 0 Å². The summed E-state index contributed by atoms with van der Waals surface area (Å²) in [6, 6.07) is 0. The third-order valence-corrected chi connectivity index (χ3v) is 3.76. The molecule has 1 saturated carbocycles. The van der Waals surface area contributed by atoms with E-state index in [0.717, 1.165) is 25.7 Å². The molecule has 0 heterocycles. The van der Waals surface area contributed by atoms with Crippen LogP contribution in [0.15, 0.2) is 0 Å².